The number of rotatable bonds is 6. The molecule has 3 heteroatoms. The zero-order valence-electron chi connectivity index (χ0n) is 15.4. The third-order valence-electron chi connectivity index (χ3n) is 5.66. The lowest BCUT2D eigenvalue weighted by atomic mass is 9.67. The zero-order valence-corrected chi connectivity index (χ0v) is 15.4. The van der Waals surface area contributed by atoms with E-state index in [0.29, 0.717) is 13.0 Å². The third kappa shape index (κ3) is 3.78. The number of carbonyl (C=O) groups excluding carboxylic acids is 1. The summed E-state index contributed by atoms with van der Waals surface area (Å²) < 4.78 is 12.1. The van der Waals surface area contributed by atoms with Crippen molar-refractivity contribution in [1.82, 2.24) is 0 Å². The molecule has 3 atom stereocenters. The first kappa shape index (κ1) is 18.1. The first-order valence-corrected chi connectivity index (χ1v) is 9.11. The van der Waals surface area contributed by atoms with Gasteiger partial charge in [-0.05, 0) is 34.6 Å². The van der Waals surface area contributed by atoms with Crippen LogP contribution in [0.4, 0.5) is 0 Å². The van der Waals surface area contributed by atoms with Gasteiger partial charge in [0.05, 0.1) is 18.8 Å². The van der Waals surface area contributed by atoms with Crippen molar-refractivity contribution in [3.63, 3.8) is 0 Å². The summed E-state index contributed by atoms with van der Waals surface area (Å²) in [4.78, 5) is 11.2. The van der Waals surface area contributed by atoms with Gasteiger partial charge in [-0.1, -0.05) is 56.3 Å². The van der Waals surface area contributed by atoms with Gasteiger partial charge in [-0.15, -0.1) is 0 Å². The maximum absolute atomic E-state index is 11.2. The molecule has 1 saturated carbocycles. The SMILES string of the molecule is CO[C@@H]1[C@@H](CC=O)[C@H](OCc2cccc3ccccc23)CCC1(C)C. The number of methoxy groups -OCH3 is 1. The van der Waals surface area contributed by atoms with Crippen LogP contribution in [0.2, 0.25) is 0 Å². The number of hydrogen-bond acceptors (Lipinski definition) is 3. The lowest BCUT2D eigenvalue weighted by Crippen LogP contribution is -2.48. The van der Waals surface area contributed by atoms with E-state index in [2.05, 4.69) is 56.3 Å². The fourth-order valence-electron chi connectivity index (χ4n) is 4.35. The monoisotopic (exact) mass is 340 g/mol. The van der Waals surface area contributed by atoms with Gasteiger partial charge in [0.15, 0.2) is 0 Å². The molecule has 0 saturated heterocycles. The van der Waals surface area contributed by atoms with Gasteiger partial charge in [-0.25, -0.2) is 0 Å². The molecule has 0 aromatic heterocycles. The van der Waals surface area contributed by atoms with Crippen molar-refractivity contribution < 1.29 is 14.3 Å². The van der Waals surface area contributed by atoms with Crippen LogP contribution in [0.1, 0.15) is 38.7 Å². The predicted molar refractivity (Wildman–Crippen MR) is 101 cm³/mol. The highest BCUT2D eigenvalue weighted by molar-refractivity contribution is 5.85. The van der Waals surface area contributed by atoms with E-state index in [-0.39, 0.29) is 23.5 Å². The Morgan fingerprint density at radius 1 is 1.16 bits per heavy atom. The Morgan fingerprint density at radius 2 is 1.92 bits per heavy atom. The summed E-state index contributed by atoms with van der Waals surface area (Å²) in [6.45, 7) is 5.01. The van der Waals surface area contributed by atoms with E-state index in [0.717, 1.165) is 19.1 Å². The summed E-state index contributed by atoms with van der Waals surface area (Å²) in [6.07, 6.45) is 3.61. The van der Waals surface area contributed by atoms with E-state index in [9.17, 15) is 4.79 Å². The topological polar surface area (TPSA) is 35.5 Å². The fraction of sp³-hybridized carbons (Fsp3) is 0.500. The first-order valence-electron chi connectivity index (χ1n) is 9.11. The molecule has 2 aromatic rings. The van der Waals surface area contributed by atoms with Gasteiger partial charge in [0.25, 0.3) is 0 Å². The molecule has 1 aliphatic carbocycles. The van der Waals surface area contributed by atoms with Gasteiger partial charge in [0, 0.05) is 19.4 Å². The standard InChI is InChI=1S/C22H28O3/c1-22(2)13-11-20(19(12-14-23)21(22)24-3)25-15-17-9-6-8-16-7-4-5-10-18(16)17/h4-10,14,19-21H,11-13,15H2,1-3H3/t19-,20+,21+/m0/s1. The second-order valence-corrected chi connectivity index (χ2v) is 7.74. The highest BCUT2D eigenvalue weighted by atomic mass is 16.5. The van der Waals surface area contributed by atoms with Crippen LogP contribution < -0.4 is 0 Å². The normalized spacial score (nSPS) is 25.8. The van der Waals surface area contributed by atoms with E-state index >= 15 is 0 Å². The van der Waals surface area contributed by atoms with Crippen LogP contribution >= 0.6 is 0 Å². The number of aldehydes is 1. The Bertz CT molecular complexity index is 717. The maximum Gasteiger partial charge on any atom is 0.120 e. The summed E-state index contributed by atoms with van der Waals surface area (Å²) in [7, 11) is 1.75. The molecule has 1 fully saturated rings. The highest BCUT2D eigenvalue weighted by Crippen LogP contribution is 2.43. The molecule has 3 rings (SSSR count). The molecule has 0 radical (unpaired) electrons. The molecule has 134 valence electrons. The van der Waals surface area contributed by atoms with Crippen LogP contribution in [0.5, 0.6) is 0 Å². The van der Waals surface area contributed by atoms with E-state index in [1.165, 1.54) is 16.3 Å². The smallest absolute Gasteiger partial charge is 0.120 e. The Balaban J connectivity index is 1.78. The Kier molecular flexibility index (Phi) is 5.55. The van der Waals surface area contributed by atoms with E-state index in [1.54, 1.807) is 7.11 Å². The van der Waals surface area contributed by atoms with Crippen molar-refractivity contribution in [1.29, 1.82) is 0 Å². The lowest BCUT2D eigenvalue weighted by Gasteiger charge is -2.46. The molecule has 3 nitrogen and oxygen atoms in total. The highest BCUT2D eigenvalue weighted by Gasteiger charge is 2.44. The van der Waals surface area contributed by atoms with Crippen molar-refractivity contribution in [2.24, 2.45) is 11.3 Å². The number of carbonyl (C=O) groups is 1. The van der Waals surface area contributed by atoms with Crippen molar-refractivity contribution >= 4 is 17.1 Å². The maximum atomic E-state index is 11.2. The molecule has 0 N–H and O–H groups in total. The van der Waals surface area contributed by atoms with Crippen LogP contribution in [0.15, 0.2) is 42.5 Å². The van der Waals surface area contributed by atoms with Crippen molar-refractivity contribution in [2.75, 3.05) is 7.11 Å². The van der Waals surface area contributed by atoms with Crippen LogP contribution in [0, 0.1) is 11.3 Å². The summed E-state index contributed by atoms with van der Waals surface area (Å²) in [5.74, 6) is 0.112. The Hall–Kier alpha value is -1.71. The minimum Gasteiger partial charge on any atom is -0.380 e. The summed E-state index contributed by atoms with van der Waals surface area (Å²) in [5.41, 5.74) is 1.27. The van der Waals surface area contributed by atoms with E-state index < -0.39 is 0 Å². The molecule has 25 heavy (non-hydrogen) atoms. The van der Waals surface area contributed by atoms with Crippen LogP contribution in [-0.2, 0) is 20.9 Å². The summed E-state index contributed by atoms with van der Waals surface area (Å²) >= 11 is 0. The van der Waals surface area contributed by atoms with E-state index in [1.807, 2.05) is 0 Å². The number of fused-ring (bicyclic) bond motifs is 1. The van der Waals surface area contributed by atoms with Crippen molar-refractivity contribution in [3.05, 3.63) is 48.0 Å². The van der Waals surface area contributed by atoms with Crippen molar-refractivity contribution in [2.45, 2.75) is 51.9 Å². The summed E-state index contributed by atoms with van der Waals surface area (Å²) in [6, 6.07) is 14.7. The molecule has 0 spiro atoms. The summed E-state index contributed by atoms with van der Waals surface area (Å²) in [5, 5.41) is 2.46. The van der Waals surface area contributed by atoms with Gasteiger partial charge in [0.1, 0.15) is 6.29 Å². The van der Waals surface area contributed by atoms with Crippen molar-refractivity contribution in [3.8, 4) is 0 Å². The number of ether oxygens (including phenoxy) is 2. The second-order valence-electron chi connectivity index (χ2n) is 7.74. The molecule has 0 amide bonds. The molecule has 0 bridgehead atoms. The van der Waals surface area contributed by atoms with Gasteiger partial charge in [0.2, 0.25) is 0 Å². The average Bonchev–Trinajstić information content (AvgIpc) is 2.61. The van der Waals surface area contributed by atoms with E-state index in [4.69, 9.17) is 9.47 Å². The molecular formula is C22H28O3. The lowest BCUT2D eigenvalue weighted by molar-refractivity contribution is -0.141. The van der Waals surface area contributed by atoms with Crippen LogP contribution in [-0.4, -0.2) is 25.6 Å². The van der Waals surface area contributed by atoms with Crippen LogP contribution in [0.25, 0.3) is 10.8 Å². The zero-order chi connectivity index (χ0) is 17.9. The second kappa shape index (κ2) is 7.67. The van der Waals surface area contributed by atoms with Gasteiger partial charge < -0.3 is 14.3 Å². The Morgan fingerprint density at radius 3 is 2.68 bits per heavy atom. The number of benzene rings is 2. The fourth-order valence-corrected chi connectivity index (χ4v) is 4.35. The first-order chi connectivity index (χ1) is 12.1. The van der Waals surface area contributed by atoms with Gasteiger partial charge in [-0.3, -0.25) is 0 Å². The largest absolute Gasteiger partial charge is 0.380 e. The molecule has 1 aliphatic rings. The molecule has 0 unspecified atom stereocenters. The predicted octanol–water partition coefficient (Wildman–Crippen LogP) is 4.77. The molecule has 2 aromatic carbocycles. The number of hydrogen-bond donors (Lipinski definition) is 0. The molecular weight excluding hydrogens is 312 g/mol. The Labute approximate surface area is 150 Å². The third-order valence-corrected chi connectivity index (χ3v) is 5.66. The minimum absolute atomic E-state index is 0.0453. The minimum atomic E-state index is 0.0453. The molecule has 0 heterocycles. The van der Waals surface area contributed by atoms with Gasteiger partial charge >= 0.3 is 0 Å². The molecule has 0 aliphatic heterocycles. The quantitative estimate of drug-likeness (QED) is 0.711. The van der Waals surface area contributed by atoms with Gasteiger partial charge in [-0.2, -0.15) is 0 Å². The van der Waals surface area contributed by atoms with Crippen LogP contribution in [0.3, 0.4) is 0 Å². The average molecular weight is 340 g/mol.